The minimum atomic E-state index is -0.749. The molecule has 0 atom stereocenters. The SMILES string of the molecule is Nc1ncc(Cc2ccccc2Cl)o1.O=C(Cc1ncc(Cc2ccccc2Cl)o1)C1(c2ccc3c(c2)OCO3)CC1.O=C(O)C1(c2ccc3c(c2)OCO3)CC1. The van der Waals surface area contributed by atoms with Crippen molar-refractivity contribution in [1.82, 2.24) is 9.97 Å². The summed E-state index contributed by atoms with van der Waals surface area (Å²) in [6.07, 6.45) is 7.71. The number of ketones is 1. The van der Waals surface area contributed by atoms with Gasteiger partial charge in [-0.05, 0) is 84.3 Å². The highest BCUT2D eigenvalue weighted by Crippen LogP contribution is 2.52. The molecule has 0 amide bonds. The van der Waals surface area contributed by atoms with Gasteiger partial charge in [-0.2, -0.15) is 0 Å². The molecule has 6 aromatic rings. The van der Waals surface area contributed by atoms with E-state index in [1.54, 1.807) is 24.5 Å². The first-order valence-corrected chi connectivity index (χ1v) is 19.0. The summed E-state index contributed by atoms with van der Waals surface area (Å²) in [4.78, 5) is 32.2. The van der Waals surface area contributed by atoms with Gasteiger partial charge in [-0.15, -0.1) is 0 Å². The van der Waals surface area contributed by atoms with E-state index in [0.29, 0.717) is 59.6 Å². The van der Waals surface area contributed by atoms with Crippen LogP contribution in [-0.4, -0.2) is 40.4 Å². The van der Waals surface area contributed by atoms with Gasteiger partial charge >= 0.3 is 5.97 Å². The maximum atomic E-state index is 13.0. The summed E-state index contributed by atoms with van der Waals surface area (Å²) in [6.45, 7) is 0.448. The van der Waals surface area contributed by atoms with Crippen LogP contribution >= 0.6 is 23.2 Å². The van der Waals surface area contributed by atoms with Crippen molar-refractivity contribution in [2.75, 3.05) is 19.3 Å². The smallest absolute Gasteiger partial charge is 0.314 e. The molecule has 0 radical (unpaired) electrons. The number of ether oxygens (including phenoxy) is 4. The Bertz CT molecular complexity index is 2440. The van der Waals surface area contributed by atoms with Crippen LogP contribution < -0.4 is 24.7 Å². The standard InChI is InChI=1S/C22H18ClNO4.C11H10O4.C10H9ClN2O/c23-17-4-2-1-3-14(17)9-16-12-24-21(28-16)11-20(25)22(7-8-22)15-5-6-18-19(10-15)27-13-26-18;12-10(13)11(3-4-11)7-1-2-8-9(5-7)15-6-14-8;11-9-4-2-1-3-7(9)5-8-6-13-10(12)14-8/h1-6,10,12H,7-9,11,13H2;1-2,5H,3-4,6H2,(H,12,13);1-4,6H,5H2,(H2,12,13). The van der Waals surface area contributed by atoms with E-state index in [0.717, 1.165) is 51.6 Å². The fourth-order valence-electron chi connectivity index (χ4n) is 6.87. The summed E-state index contributed by atoms with van der Waals surface area (Å²) >= 11 is 12.2. The van der Waals surface area contributed by atoms with Gasteiger partial charge in [0.05, 0.1) is 29.6 Å². The molecule has 10 rings (SSSR count). The average molecular weight is 811 g/mol. The molecule has 3 N–H and O–H groups in total. The number of Topliss-reactive ketones (excluding diaryl/α,β-unsaturated/α-hetero) is 1. The number of carboxylic acids is 1. The van der Waals surface area contributed by atoms with Gasteiger partial charge < -0.3 is 38.6 Å². The van der Waals surface area contributed by atoms with Crippen molar-refractivity contribution in [2.45, 2.75) is 55.8 Å². The van der Waals surface area contributed by atoms with Crippen LogP contribution in [0.15, 0.2) is 106 Å². The second-order valence-corrected chi connectivity index (χ2v) is 14.9. The van der Waals surface area contributed by atoms with E-state index >= 15 is 0 Å². The first-order valence-electron chi connectivity index (χ1n) is 18.3. The summed E-state index contributed by atoms with van der Waals surface area (Å²) < 4.78 is 32.2. The zero-order valence-electron chi connectivity index (χ0n) is 30.5. The molecule has 0 unspecified atom stereocenters. The molecule has 4 aromatic carbocycles. The summed E-state index contributed by atoms with van der Waals surface area (Å²) in [6, 6.07) is 26.5. The molecule has 57 heavy (non-hydrogen) atoms. The molecule has 2 aliphatic carbocycles. The minimum Gasteiger partial charge on any atom is -0.481 e. The molecule has 0 saturated heterocycles. The van der Waals surface area contributed by atoms with Crippen LogP contribution in [0.4, 0.5) is 6.01 Å². The molecule has 2 aliphatic heterocycles. The fraction of sp³-hybridized carbons (Fsp3) is 0.256. The Morgan fingerprint density at radius 1 is 0.649 bits per heavy atom. The number of hydrogen-bond donors (Lipinski definition) is 2. The zero-order chi connectivity index (χ0) is 39.6. The average Bonchev–Trinajstić information content (AvgIpc) is 3.93. The van der Waals surface area contributed by atoms with Crippen molar-refractivity contribution in [3.05, 3.63) is 147 Å². The Morgan fingerprint density at radius 3 is 1.63 bits per heavy atom. The predicted molar refractivity (Wildman–Crippen MR) is 209 cm³/mol. The molecule has 2 saturated carbocycles. The predicted octanol–water partition coefficient (Wildman–Crippen LogP) is 8.52. The van der Waals surface area contributed by atoms with E-state index in [9.17, 15) is 9.59 Å². The van der Waals surface area contributed by atoms with Crippen molar-refractivity contribution in [3.8, 4) is 23.0 Å². The largest absolute Gasteiger partial charge is 0.481 e. The van der Waals surface area contributed by atoms with Gasteiger partial charge in [0, 0.05) is 22.9 Å². The zero-order valence-corrected chi connectivity index (χ0v) is 32.1. The van der Waals surface area contributed by atoms with Crippen LogP contribution in [0.25, 0.3) is 0 Å². The van der Waals surface area contributed by atoms with Crippen LogP contribution in [0.5, 0.6) is 23.0 Å². The van der Waals surface area contributed by atoms with E-state index in [4.69, 9.17) is 61.8 Å². The molecule has 4 aliphatic rings. The number of aliphatic carboxylic acids is 1. The number of nitrogens with zero attached hydrogens (tertiary/aromatic N) is 2. The van der Waals surface area contributed by atoms with Crippen molar-refractivity contribution in [3.63, 3.8) is 0 Å². The fourth-order valence-corrected chi connectivity index (χ4v) is 7.28. The number of carbonyl (C=O) groups is 2. The molecule has 0 spiro atoms. The van der Waals surface area contributed by atoms with E-state index in [1.165, 1.54) is 0 Å². The first-order chi connectivity index (χ1) is 27.6. The van der Waals surface area contributed by atoms with Crippen molar-refractivity contribution in [2.24, 2.45) is 0 Å². The van der Waals surface area contributed by atoms with Gasteiger partial charge in [-0.3, -0.25) is 9.59 Å². The molecular weight excluding hydrogens is 773 g/mol. The number of halogens is 2. The molecule has 0 bridgehead atoms. The molecule has 2 fully saturated rings. The van der Waals surface area contributed by atoms with Gasteiger partial charge in [-0.25, -0.2) is 9.97 Å². The van der Waals surface area contributed by atoms with Gasteiger partial charge in [0.25, 0.3) is 6.01 Å². The van der Waals surface area contributed by atoms with E-state index < -0.39 is 16.8 Å². The molecule has 4 heterocycles. The first kappa shape index (κ1) is 37.9. The van der Waals surface area contributed by atoms with E-state index in [1.807, 2.05) is 72.8 Å². The van der Waals surface area contributed by atoms with Gasteiger partial charge in [0.15, 0.2) is 28.8 Å². The lowest BCUT2D eigenvalue weighted by atomic mass is 9.89. The van der Waals surface area contributed by atoms with E-state index in [-0.39, 0.29) is 31.8 Å². The second kappa shape index (κ2) is 15.9. The Morgan fingerprint density at radius 2 is 1.14 bits per heavy atom. The highest BCUT2D eigenvalue weighted by molar-refractivity contribution is 6.31. The minimum absolute atomic E-state index is 0.123. The van der Waals surface area contributed by atoms with Gasteiger partial charge in [-0.1, -0.05) is 71.7 Å². The van der Waals surface area contributed by atoms with Crippen molar-refractivity contribution in [1.29, 1.82) is 0 Å². The number of anilines is 1. The third kappa shape index (κ3) is 8.28. The molecule has 12 nitrogen and oxygen atoms in total. The van der Waals surface area contributed by atoms with Crippen molar-refractivity contribution < 1.29 is 42.5 Å². The lowest BCUT2D eigenvalue weighted by Gasteiger charge is -2.14. The number of nitrogens with two attached hydrogens (primary N) is 1. The number of hydrogen-bond acceptors (Lipinski definition) is 11. The van der Waals surface area contributed by atoms with Crippen LogP contribution in [0.1, 0.15) is 65.3 Å². The van der Waals surface area contributed by atoms with Crippen molar-refractivity contribution >= 4 is 41.0 Å². The number of nitrogen functional groups attached to an aromatic ring is 1. The number of benzene rings is 4. The Hall–Kier alpha value is -5.98. The lowest BCUT2D eigenvalue weighted by molar-refractivity contribution is -0.140. The normalized spacial score (nSPS) is 15.8. The number of carbonyl (C=O) groups excluding carboxylic acids is 1. The Balaban J connectivity index is 0.000000132. The molecule has 292 valence electrons. The Kier molecular flexibility index (Phi) is 10.6. The summed E-state index contributed by atoms with van der Waals surface area (Å²) in [5, 5.41) is 10.5. The van der Waals surface area contributed by atoms with Gasteiger partial charge in [0.1, 0.15) is 11.5 Å². The van der Waals surface area contributed by atoms with Crippen LogP contribution in [0, 0.1) is 0 Å². The number of oxazole rings is 2. The molecular formula is C43H37Cl2N3O9. The summed E-state index contributed by atoms with van der Waals surface area (Å²) in [5.41, 5.74) is 8.00. The number of aromatic nitrogens is 2. The number of fused-ring (bicyclic) bond motifs is 2. The summed E-state index contributed by atoms with van der Waals surface area (Å²) in [5.74, 6) is 4.01. The number of rotatable bonds is 10. The van der Waals surface area contributed by atoms with Crippen LogP contribution in [-0.2, 0) is 39.7 Å². The topological polar surface area (TPSA) is 169 Å². The Labute approximate surface area is 337 Å². The number of carboxylic acid groups (broad SMARTS) is 1. The third-order valence-electron chi connectivity index (χ3n) is 10.4. The summed E-state index contributed by atoms with van der Waals surface area (Å²) in [7, 11) is 0. The molecule has 14 heteroatoms. The van der Waals surface area contributed by atoms with Crippen LogP contribution in [0.3, 0.4) is 0 Å². The molecule has 2 aromatic heterocycles. The van der Waals surface area contributed by atoms with Crippen LogP contribution in [0.2, 0.25) is 10.0 Å². The van der Waals surface area contributed by atoms with Gasteiger partial charge in [0.2, 0.25) is 19.5 Å². The highest BCUT2D eigenvalue weighted by atomic mass is 35.5. The second-order valence-electron chi connectivity index (χ2n) is 14.1. The van der Waals surface area contributed by atoms with E-state index in [2.05, 4.69) is 9.97 Å². The highest BCUT2D eigenvalue weighted by Gasteiger charge is 2.52. The quantitative estimate of drug-likeness (QED) is 0.135. The maximum absolute atomic E-state index is 13.0. The monoisotopic (exact) mass is 809 g/mol. The lowest BCUT2D eigenvalue weighted by Crippen LogP contribution is -2.22. The third-order valence-corrected chi connectivity index (χ3v) is 11.2. The maximum Gasteiger partial charge on any atom is 0.314 e.